The molecule has 8 heteroatoms. The molecular weight excluding hydrogens is 442 g/mol. The van der Waals surface area contributed by atoms with E-state index in [-0.39, 0.29) is 11.8 Å². The summed E-state index contributed by atoms with van der Waals surface area (Å²) in [7, 11) is 0. The Kier molecular flexibility index (Phi) is 6.63. The number of aromatic nitrogens is 2. The predicted molar refractivity (Wildman–Crippen MR) is 134 cm³/mol. The van der Waals surface area contributed by atoms with Crippen molar-refractivity contribution in [2.75, 3.05) is 36.9 Å². The van der Waals surface area contributed by atoms with E-state index in [0.717, 1.165) is 16.3 Å². The van der Waals surface area contributed by atoms with Crippen molar-refractivity contribution in [2.24, 2.45) is 0 Å². The highest BCUT2D eigenvalue weighted by molar-refractivity contribution is 6.08. The lowest BCUT2D eigenvalue weighted by Crippen LogP contribution is -2.41. The van der Waals surface area contributed by atoms with Gasteiger partial charge in [0.2, 0.25) is 0 Å². The molecule has 5 rings (SSSR count). The van der Waals surface area contributed by atoms with Crippen LogP contribution in [-0.2, 0) is 11.3 Å². The molecule has 8 nitrogen and oxygen atoms in total. The van der Waals surface area contributed by atoms with Gasteiger partial charge in [0.15, 0.2) is 0 Å². The van der Waals surface area contributed by atoms with E-state index in [4.69, 9.17) is 4.74 Å². The molecule has 176 valence electrons. The van der Waals surface area contributed by atoms with Crippen LogP contribution in [0.5, 0.6) is 0 Å². The van der Waals surface area contributed by atoms with Gasteiger partial charge in [0.25, 0.3) is 11.8 Å². The van der Waals surface area contributed by atoms with Crippen LogP contribution >= 0.6 is 0 Å². The minimum Gasteiger partial charge on any atom is -0.380 e. The van der Waals surface area contributed by atoms with Crippen LogP contribution in [0.25, 0.3) is 10.8 Å². The van der Waals surface area contributed by atoms with Crippen LogP contribution in [0, 0.1) is 0 Å². The second kappa shape index (κ2) is 10.3. The molecule has 0 bridgehead atoms. The number of morpholine rings is 1. The van der Waals surface area contributed by atoms with E-state index in [0.29, 0.717) is 55.6 Å². The SMILES string of the molecule is O=C(Nc1cc2ccccc2cn1)c1ccccc1NCc1ccnc(C(=O)N2CCOCC2)c1. The maximum Gasteiger partial charge on any atom is 0.272 e. The van der Waals surface area contributed by atoms with Crippen molar-refractivity contribution < 1.29 is 14.3 Å². The highest BCUT2D eigenvalue weighted by atomic mass is 16.5. The number of ether oxygens (including phenoxy) is 1. The summed E-state index contributed by atoms with van der Waals surface area (Å²) in [4.78, 5) is 36.2. The average Bonchev–Trinajstić information content (AvgIpc) is 2.92. The first kappa shape index (κ1) is 22.5. The lowest BCUT2D eigenvalue weighted by atomic mass is 10.1. The van der Waals surface area contributed by atoms with Crippen LogP contribution in [-0.4, -0.2) is 53.0 Å². The van der Waals surface area contributed by atoms with E-state index in [1.807, 2.05) is 54.6 Å². The fourth-order valence-corrected chi connectivity index (χ4v) is 4.00. The van der Waals surface area contributed by atoms with Gasteiger partial charge in [0.05, 0.1) is 18.8 Å². The van der Waals surface area contributed by atoms with Gasteiger partial charge in [-0.3, -0.25) is 14.6 Å². The minimum absolute atomic E-state index is 0.0992. The number of nitrogens with zero attached hydrogens (tertiary/aromatic N) is 3. The second-order valence-electron chi connectivity index (χ2n) is 8.22. The van der Waals surface area contributed by atoms with Crippen LogP contribution in [0.1, 0.15) is 26.4 Å². The van der Waals surface area contributed by atoms with Gasteiger partial charge in [-0.25, -0.2) is 4.98 Å². The Hall–Kier alpha value is -4.30. The third-order valence-electron chi connectivity index (χ3n) is 5.87. The normalized spacial score (nSPS) is 13.4. The number of amides is 2. The fourth-order valence-electron chi connectivity index (χ4n) is 4.00. The number of carbonyl (C=O) groups is 2. The zero-order chi connectivity index (χ0) is 24.0. The molecule has 1 fully saturated rings. The molecule has 0 saturated carbocycles. The lowest BCUT2D eigenvalue weighted by Gasteiger charge is -2.26. The first-order valence-electron chi connectivity index (χ1n) is 11.5. The van der Waals surface area contributed by atoms with Crippen LogP contribution in [0.3, 0.4) is 0 Å². The minimum atomic E-state index is -0.256. The van der Waals surface area contributed by atoms with Crippen LogP contribution in [0.4, 0.5) is 11.5 Å². The molecule has 0 atom stereocenters. The van der Waals surface area contributed by atoms with Crippen LogP contribution in [0.2, 0.25) is 0 Å². The number of benzene rings is 2. The van der Waals surface area contributed by atoms with Gasteiger partial charge >= 0.3 is 0 Å². The van der Waals surface area contributed by atoms with Crippen molar-refractivity contribution in [1.29, 1.82) is 0 Å². The number of hydrogen-bond acceptors (Lipinski definition) is 6. The van der Waals surface area contributed by atoms with Crippen molar-refractivity contribution in [2.45, 2.75) is 6.54 Å². The van der Waals surface area contributed by atoms with Gasteiger partial charge in [0, 0.05) is 43.1 Å². The Balaban J connectivity index is 1.28. The molecule has 1 aliphatic heterocycles. The molecular formula is C27H25N5O3. The summed E-state index contributed by atoms with van der Waals surface area (Å²) in [6.07, 6.45) is 3.38. The molecule has 3 heterocycles. The van der Waals surface area contributed by atoms with E-state index >= 15 is 0 Å². The van der Waals surface area contributed by atoms with E-state index in [9.17, 15) is 9.59 Å². The second-order valence-corrected chi connectivity index (χ2v) is 8.22. The molecule has 2 amide bonds. The third kappa shape index (κ3) is 5.28. The van der Waals surface area contributed by atoms with Gasteiger partial charge < -0.3 is 20.3 Å². The van der Waals surface area contributed by atoms with E-state index in [2.05, 4.69) is 20.6 Å². The Morgan fingerprint density at radius 1 is 0.914 bits per heavy atom. The number of rotatable bonds is 6. The summed E-state index contributed by atoms with van der Waals surface area (Å²) in [6, 6.07) is 20.7. The summed E-state index contributed by atoms with van der Waals surface area (Å²) in [5, 5.41) is 8.22. The quantitative estimate of drug-likeness (QED) is 0.446. The smallest absolute Gasteiger partial charge is 0.272 e. The summed E-state index contributed by atoms with van der Waals surface area (Å²) < 4.78 is 5.32. The van der Waals surface area contributed by atoms with Crippen molar-refractivity contribution in [3.05, 3.63) is 95.9 Å². The summed E-state index contributed by atoms with van der Waals surface area (Å²) in [5.41, 5.74) is 2.48. The zero-order valence-electron chi connectivity index (χ0n) is 19.1. The Labute approximate surface area is 203 Å². The maximum atomic E-state index is 13.0. The number of carbonyl (C=O) groups excluding carboxylic acids is 2. The fraction of sp³-hybridized carbons (Fsp3) is 0.185. The van der Waals surface area contributed by atoms with Gasteiger partial charge in [-0.15, -0.1) is 0 Å². The molecule has 0 radical (unpaired) electrons. The number of pyridine rings is 2. The monoisotopic (exact) mass is 467 g/mol. The number of fused-ring (bicyclic) bond motifs is 1. The molecule has 2 aromatic heterocycles. The molecule has 0 aliphatic carbocycles. The summed E-state index contributed by atoms with van der Waals surface area (Å²) >= 11 is 0. The summed E-state index contributed by atoms with van der Waals surface area (Å²) in [6.45, 7) is 2.65. The Morgan fingerprint density at radius 2 is 1.69 bits per heavy atom. The zero-order valence-corrected chi connectivity index (χ0v) is 19.1. The third-order valence-corrected chi connectivity index (χ3v) is 5.87. The van der Waals surface area contributed by atoms with Crippen LogP contribution < -0.4 is 10.6 Å². The molecule has 35 heavy (non-hydrogen) atoms. The first-order chi connectivity index (χ1) is 17.2. The Bertz CT molecular complexity index is 1370. The molecule has 1 aliphatic rings. The van der Waals surface area contributed by atoms with Crippen molar-refractivity contribution in [3.8, 4) is 0 Å². The largest absolute Gasteiger partial charge is 0.380 e. The van der Waals surface area contributed by atoms with E-state index < -0.39 is 0 Å². The standard InChI is InChI=1S/C27H25N5O3/c33-26(31-25-16-20-5-1-2-6-21(20)18-30-25)22-7-3-4-8-23(22)29-17-19-9-10-28-24(15-19)27(34)32-11-13-35-14-12-32/h1-10,15-16,18,29H,11-14,17H2,(H,30,31,33). The molecule has 2 N–H and O–H groups in total. The molecule has 1 saturated heterocycles. The van der Waals surface area contributed by atoms with Crippen molar-refractivity contribution in [1.82, 2.24) is 14.9 Å². The van der Waals surface area contributed by atoms with E-state index in [1.54, 1.807) is 29.4 Å². The van der Waals surface area contributed by atoms with Crippen molar-refractivity contribution >= 4 is 34.1 Å². The molecule has 0 spiro atoms. The number of hydrogen-bond donors (Lipinski definition) is 2. The van der Waals surface area contributed by atoms with E-state index in [1.165, 1.54) is 0 Å². The highest BCUT2D eigenvalue weighted by Crippen LogP contribution is 2.20. The van der Waals surface area contributed by atoms with Gasteiger partial charge in [0.1, 0.15) is 11.5 Å². The maximum absolute atomic E-state index is 13.0. The Morgan fingerprint density at radius 3 is 2.54 bits per heavy atom. The van der Waals surface area contributed by atoms with Gasteiger partial charge in [-0.05, 0) is 41.3 Å². The van der Waals surface area contributed by atoms with Crippen molar-refractivity contribution in [3.63, 3.8) is 0 Å². The van der Waals surface area contributed by atoms with Crippen LogP contribution in [0.15, 0.2) is 79.1 Å². The number of anilines is 2. The molecule has 4 aromatic rings. The molecule has 2 aromatic carbocycles. The highest BCUT2D eigenvalue weighted by Gasteiger charge is 2.20. The first-order valence-corrected chi connectivity index (χ1v) is 11.5. The van der Waals surface area contributed by atoms with Gasteiger partial charge in [-0.1, -0.05) is 36.4 Å². The predicted octanol–water partition coefficient (Wildman–Crippen LogP) is 3.97. The topological polar surface area (TPSA) is 96.4 Å². The molecule has 0 unspecified atom stereocenters. The number of para-hydroxylation sites is 1. The van der Waals surface area contributed by atoms with Gasteiger partial charge in [-0.2, -0.15) is 0 Å². The lowest BCUT2D eigenvalue weighted by molar-refractivity contribution is 0.0299. The number of nitrogens with one attached hydrogen (secondary N) is 2. The average molecular weight is 468 g/mol. The summed E-state index contributed by atoms with van der Waals surface area (Å²) in [5.74, 6) is 0.135.